The Hall–Kier alpha value is -4.46. The summed E-state index contributed by atoms with van der Waals surface area (Å²) in [6, 6.07) is 16.3. The Bertz CT molecular complexity index is 1380. The maximum Gasteiger partial charge on any atom is 0.270 e. The first-order valence-electron chi connectivity index (χ1n) is 10.9. The number of amides is 2. The van der Waals surface area contributed by atoms with Crippen LogP contribution in [-0.2, 0) is 18.9 Å². The molecule has 0 saturated carbocycles. The second-order valence-corrected chi connectivity index (χ2v) is 8.26. The normalized spacial score (nSPS) is 15.1. The van der Waals surface area contributed by atoms with E-state index in [4.69, 9.17) is 0 Å². The predicted octanol–water partition coefficient (Wildman–Crippen LogP) is 3.37. The van der Waals surface area contributed by atoms with Gasteiger partial charge in [-0.3, -0.25) is 14.3 Å². The molecule has 2 N–H and O–H groups in total. The lowest BCUT2D eigenvalue weighted by molar-refractivity contribution is -0.118. The van der Waals surface area contributed by atoms with Crippen LogP contribution in [0.15, 0.2) is 79.4 Å². The number of imidazole rings is 1. The van der Waals surface area contributed by atoms with Crippen LogP contribution in [0.2, 0.25) is 0 Å². The molecule has 0 unspecified atom stereocenters. The highest BCUT2D eigenvalue weighted by molar-refractivity contribution is 6.01. The van der Waals surface area contributed by atoms with Crippen molar-refractivity contribution in [1.29, 1.82) is 0 Å². The van der Waals surface area contributed by atoms with Crippen molar-refractivity contribution in [3.05, 3.63) is 96.2 Å². The first kappa shape index (κ1) is 21.4. The Morgan fingerprint density at radius 3 is 2.53 bits per heavy atom. The van der Waals surface area contributed by atoms with Gasteiger partial charge >= 0.3 is 0 Å². The predicted molar refractivity (Wildman–Crippen MR) is 130 cm³/mol. The number of benzene rings is 2. The lowest BCUT2D eigenvalue weighted by Gasteiger charge is -2.24. The van der Waals surface area contributed by atoms with E-state index in [1.165, 1.54) is 4.68 Å². The molecule has 0 saturated heterocycles. The third-order valence-corrected chi connectivity index (χ3v) is 6.08. The minimum Gasteiger partial charge on any atom is -0.338 e. The van der Waals surface area contributed by atoms with E-state index >= 15 is 0 Å². The summed E-state index contributed by atoms with van der Waals surface area (Å²) in [5.41, 5.74) is 5.04. The van der Waals surface area contributed by atoms with E-state index < -0.39 is 6.04 Å². The topological polar surface area (TPSA) is 93.8 Å². The molecule has 0 aliphatic heterocycles. The first-order valence-corrected chi connectivity index (χ1v) is 10.9. The second kappa shape index (κ2) is 8.82. The minimum absolute atomic E-state index is 0.290. The van der Waals surface area contributed by atoms with Crippen molar-refractivity contribution >= 4 is 23.6 Å². The Kier molecular flexibility index (Phi) is 5.55. The van der Waals surface area contributed by atoms with E-state index in [-0.39, 0.29) is 17.7 Å². The zero-order valence-electron chi connectivity index (χ0n) is 18.8. The van der Waals surface area contributed by atoms with Gasteiger partial charge in [-0.25, -0.2) is 4.98 Å². The molecule has 8 nitrogen and oxygen atoms in total. The molecule has 0 spiro atoms. The van der Waals surface area contributed by atoms with Crippen LogP contribution >= 0.6 is 0 Å². The summed E-state index contributed by atoms with van der Waals surface area (Å²) in [6.45, 7) is 0. The van der Waals surface area contributed by atoms with E-state index in [1.54, 1.807) is 31.8 Å². The van der Waals surface area contributed by atoms with Crippen LogP contribution in [-0.4, -0.2) is 37.2 Å². The number of hydrogen-bond acceptors (Lipinski definition) is 4. The van der Waals surface area contributed by atoms with E-state index in [1.807, 2.05) is 72.3 Å². The summed E-state index contributed by atoms with van der Waals surface area (Å²) in [6.07, 6.45) is 9.04. The molecule has 2 aromatic carbocycles. The van der Waals surface area contributed by atoms with E-state index in [9.17, 15) is 9.59 Å². The SMILES string of the molecule is Cn1cncc1-c1ccc(NC(=O)[C@@H](NC(=O)c2ccnn2C)[C@@H]2C=Cc3ccccc32)cc1. The highest BCUT2D eigenvalue weighted by atomic mass is 16.2. The average molecular weight is 453 g/mol. The van der Waals surface area contributed by atoms with Gasteiger partial charge in [0.25, 0.3) is 5.91 Å². The summed E-state index contributed by atoms with van der Waals surface area (Å²) in [5.74, 6) is -0.943. The molecule has 0 radical (unpaired) electrons. The summed E-state index contributed by atoms with van der Waals surface area (Å²) < 4.78 is 3.42. The Morgan fingerprint density at radius 2 is 1.82 bits per heavy atom. The molecule has 0 bridgehead atoms. The first-order chi connectivity index (χ1) is 16.5. The maximum absolute atomic E-state index is 13.5. The van der Waals surface area contributed by atoms with Gasteiger partial charge in [0.1, 0.15) is 11.7 Å². The number of nitrogens with one attached hydrogen (secondary N) is 2. The van der Waals surface area contributed by atoms with Crippen molar-refractivity contribution in [3.63, 3.8) is 0 Å². The molecule has 0 fully saturated rings. The van der Waals surface area contributed by atoms with Gasteiger partial charge in [-0.2, -0.15) is 5.10 Å². The number of carbonyl (C=O) groups is 2. The van der Waals surface area contributed by atoms with Crippen LogP contribution in [0.1, 0.15) is 27.5 Å². The molecule has 2 amide bonds. The molecular weight excluding hydrogens is 428 g/mol. The van der Waals surface area contributed by atoms with E-state index in [0.717, 1.165) is 22.4 Å². The third-order valence-electron chi connectivity index (χ3n) is 6.08. The molecule has 5 rings (SSSR count). The number of hydrogen-bond donors (Lipinski definition) is 2. The Labute approximate surface area is 196 Å². The summed E-state index contributed by atoms with van der Waals surface area (Å²) in [7, 11) is 3.62. The quantitative estimate of drug-likeness (QED) is 0.469. The van der Waals surface area contributed by atoms with Crippen molar-refractivity contribution in [2.75, 3.05) is 5.32 Å². The molecule has 1 aliphatic rings. The van der Waals surface area contributed by atoms with Crippen molar-refractivity contribution in [1.82, 2.24) is 24.6 Å². The molecule has 2 heterocycles. The molecule has 4 aromatic rings. The van der Waals surface area contributed by atoms with Crippen molar-refractivity contribution in [2.24, 2.45) is 14.1 Å². The molecule has 170 valence electrons. The number of fused-ring (bicyclic) bond motifs is 1. The fourth-order valence-corrected chi connectivity index (χ4v) is 4.28. The van der Waals surface area contributed by atoms with Gasteiger partial charge in [0.15, 0.2) is 0 Å². The minimum atomic E-state index is -0.806. The molecule has 2 aromatic heterocycles. The fourth-order valence-electron chi connectivity index (χ4n) is 4.28. The van der Waals surface area contributed by atoms with Gasteiger partial charge < -0.3 is 15.2 Å². The number of anilines is 1. The van der Waals surface area contributed by atoms with Crippen LogP contribution in [0.5, 0.6) is 0 Å². The lowest BCUT2D eigenvalue weighted by atomic mass is 9.92. The monoisotopic (exact) mass is 452 g/mol. The number of aryl methyl sites for hydroxylation is 2. The second-order valence-electron chi connectivity index (χ2n) is 8.26. The van der Waals surface area contributed by atoms with Gasteiger partial charge in [0, 0.05) is 31.9 Å². The Balaban J connectivity index is 1.40. The van der Waals surface area contributed by atoms with E-state index in [2.05, 4.69) is 20.7 Å². The number of nitrogens with zero attached hydrogens (tertiary/aromatic N) is 4. The molecule has 2 atom stereocenters. The van der Waals surface area contributed by atoms with Gasteiger partial charge in [-0.1, -0.05) is 48.6 Å². The van der Waals surface area contributed by atoms with Gasteiger partial charge in [0.2, 0.25) is 5.91 Å². The number of carbonyl (C=O) groups excluding carboxylic acids is 2. The van der Waals surface area contributed by atoms with Crippen molar-refractivity contribution < 1.29 is 9.59 Å². The number of aromatic nitrogens is 4. The largest absolute Gasteiger partial charge is 0.338 e. The zero-order chi connectivity index (χ0) is 23.7. The zero-order valence-corrected chi connectivity index (χ0v) is 18.8. The smallest absolute Gasteiger partial charge is 0.270 e. The van der Waals surface area contributed by atoms with Gasteiger partial charge in [0.05, 0.1) is 18.2 Å². The lowest BCUT2D eigenvalue weighted by Crippen LogP contribution is -2.47. The summed E-state index contributed by atoms with van der Waals surface area (Å²) >= 11 is 0. The summed E-state index contributed by atoms with van der Waals surface area (Å²) in [4.78, 5) is 30.6. The highest BCUT2D eigenvalue weighted by Crippen LogP contribution is 2.33. The molecule has 8 heteroatoms. The van der Waals surface area contributed by atoms with Crippen molar-refractivity contribution in [2.45, 2.75) is 12.0 Å². The third kappa shape index (κ3) is 4.01. The standard InChI is InChI=1S/C26H24N6O2/c1-31-16-27-15-23(31)18-7-10-19(11-8-18)29-26(34)24(30-25(33)22-13-14-28-32(22)2)21-12-9-17-5-3-4-6-20(17)21/h3-16,21,24H,1-2H3,(H,29,34)(H,30,33)/t21-,24+/m1/s1. The van der Waals surface area contributed by atoms with Crippen LogP contribution < -0.4 is 10.6 Å². The molecule has 1 aliphatic carbocycles. The van der Waals surface area contributed by atoms with Crippen LogP contribution in [0.3, 0.4) is 0 Å². The Morgan fingerprint density at radius 1 is 1.03 bits per heavy atom. The van der Waals surface area contributed by atoms with Gasteiger partial charge in [-0.05, 0) is 34.9 Å². The van der Waals surface area contributed by atoms with E-state index in [0.29, 0.717) is 11.4 Å². The fraction of sp³-hybridized carbons (Fsp3) is 0.154. The molecule has 34 heavy (non-hydrogen) atoms. The van der Waals surface area contributed by atoms with Crippen LogP contribution in [0, 0.1) is 0 Å². The maximum atomic E-state index is 13.5. The average Bonchev–Trinajstić information content (AvgIpc) is 3.57. The van der Waals surface area contributed by atoms with Gasteiger partial charge in [-0.15, -0.1) is 0 Å². The number of rotatable bonds is 6. The van der Waals surface area contributed by atoms with Crippen LogP contribution in [0.4, 0.5) is 5.69 Å². The van der Waals surface area contributed by atoms with Crippen LogP contribution in [0.25, 0.3) is 17.3 Å². The van der Waals surface area contributed by atoms with Crippen molar-refractivity contribution in [3.8, 4) is 11.3 Å². The summed E-state index contributed by atoms with van der Waals surface area (Å²) in [5, 5.41) is 9.96. The molecular formula is C26H24N6O2. The highest BCUT2D eigenvalue weighted by Gasteiger charge is 2.33.